The quantitative estimate of drug-likeness (QED) is 0.281. The zero-order valence-electron chi connectivity index (χ0n) is 12.6. The van der Waals surface area contributed by atoms with Gasteiger partial charge in [-0.3, -0.25) is 9.59 Å². The second-order valence-electron chi connectivity index (χ2n) is 4.92. The minimum absolute atomic E-state index is 0.0763. The van der Waals surface area contributed by atoms with E-state index >= 15 is 0 Å². The van der Waals surface area contributed by atoms with Crippen LogP contribution in [0.5, 0.6) is 0 Å². The molecule has 20 heavy (non-hydrogen) atoms. The molecule has 0 aliphatic rings. The van der Waals surface area contributed by atoms with Gasteiger partial charge in [-0.2, -0.15) is 5.10 Å². The van der Waals surface area contributed by atoms with Gasteiger partial charge in [0, 0.05) is 36.6 Å². The van der Waals surface area contributed by atoms with E-state index < -0.39 is 0 Å². The van der Waals surface area contributed by atoms with E-state index in [0.29, 0.717) is 18.8 Å². The molecule has 5 nitrogen and oxygen atoms in total. The maximum Gasteiger partial charge on any atom is 0.240 e. The smallest absolute Gasteiger partial charge is 0.240 e. The normalized spacial score (nSPS) is 11.3. The van der Waals surface area contributed by atoms with Crippen molar-refractivity contribution in [3.05, 3.63) is 0 Å². The van der Waals surface area contributed by atoms with Gasteiger partial charge in [-0.05, 0) is 19.8 Å². The highest BCUT2D eigenvalue weighted by molar-refractivity contribution is 8.76. The molecule has 0 aromatic rings. The highest BCUT2D eigenvalue weighted by Crippen LogP contribution is 2.22. The first kappa shape index (κ1) is 19.3. The molecule has 0 radical (unpaired) electrons. The third kappa shape index (κ3) is 13.7. The van der Waals surface area contributed by atoms with Crippen LogP contribution in [0.3, 0.4) is 0 Å². The molecule has 0 aliphatic heterocycles. The highest BCUT2D eigenvalue weighted by atomic mass is 33.1. The van der Waals surface area contributed by atoms with Gasteiger partial charge in [-0.15, -0.1) is 0 Å². The van der Waals surface area contributed by atoms with Gasteiger partial charge in [0.2, 0.25) is 11.8 Å². The number of carbonyl (C=O) groups is 2. The number of nitrogens with zero attached hydrogens (tertiary/aromatic N) is 1. The Kier molecular flexibility index (Phi) is 11.7. The zero-order chi connectivity index (χ0) is 15.4. The number of carbonyl (C=O) groups excluding carboxylic acids is 2. The van der Waals surface area contributed by atoms with Crippen LogP contribution in [-0.2, 0) is 9.59 Å². The summed E-state index contributed by atoms with van der Waals surface area (Å²) in [5, 5.41) is 6.69. The lowest BCUT2D eigenvalue weighted by molar-refractivity contribution is -0.121. The molecule has 0 aliphatic carbocycles. The van der Waals surface area contributed by atoms with Crippen molar-refractivity contribution < 1.29 is 9.59 Å². The SMILES string of the molecule is CC(C)/C=N/NC(=O)CCSSCCC(=O)NC(C)C. The molecule has 0 aromatic heterocycles. The van der Waals surface area contributed by atoms with Crippen molar-refractivity contribution in [1.29, 1.82) is 0 Å². The van der Waals surface area contributed by atoms with Gasteiger partial charge in [-0.25, -0.2) is 5.43 Å². The van der Waals surface area contributed by atoms with Crippen molar-refractivity contribution in [2.45, 2.75) is 46.6 Å². The van der Waals surface area contributed by atoms with Crippen LogP contribution in [0.25, 0.3) is 0 Å². The summed E-state index contributed by atoms with van der Waals surface area (Å²) in [7, 11) is 3.22. The zero-order valence-corrected chi connectivity index (χ0v) is 14.3. The molecule has 0 rings (SSSR count). The van der Waals surface area contributed by atoms with Crippen LogP contribution < -0.4 is 10.7 Å². The van der Waals surface area contributed by atoms with Crippen LogP contribution in [0.15, 0.2) is 5.10 Å². The Bertz CT molecular complexity index is 321. The summed E-state index contributed by atoms with van der Waals surface area (Å²) in [5.41, 5.74) is 2.49. The fourth-order valence-electron chi connectivity index (χ4n) is 1.09. The Morgan fingerprint density at radius 3 is 2.10 bits per heavy atom. The van der Waals surface area contributed by atoms with Gasteiger partial charge in [0.25, 0.3) is 0 Å². The number of nitrogens with one attached hydrogen (secondary N) is 2. The van der Waals surface area contributed by atoms with Gasteiger partial charge in [0.15, 0.2) is 0 Å². The largest absolute Gasteiger partial charge is 0.354 e. The van der Waals surface area contributed by atoms with E-state index in [1.165, 1.54) is 0 Å². The van der Waals surface area contributed by atoms with Crippen molar-refractivity contribution in [3.63, 3.8) is 0 Å². The average molecular weight is 319 g/mol. The third-order valence-corrected chi connectivity index (χ3v) is 4.33. The molecule has 0 saturated carbocycles. The lowest BCUT2D eigenvalue weighted by Crippen LogP contribution is -2.30. The maximum atomic E-state index is 11.4. The molecule has 116 valence electrons. The van der Waals surface area contributed by atoms with E-state index in [1.807, 2.05) is 27.7 Å². The highest BCUT2D eigenvalue weighted by Gasteiger charge is 2.04. The van der Waals surface area contributed by atoms with Gasteiger partial charge >= 0.3 is 0 Å². The number of amides is 2. The average Bonchev–Trinajstić information content (AvgIpc) is 2.32. The van der Waals surface area contributed by atoms with Crippen LogP contribution >= 0.6 is 21.6 Å². The first-order chi connectivity index (χ1) is 9.41. The molecule has 0 spiro atoms. The first-order valence-electron chi connectivity index (χ1n) is 6.77. The second kappa shape index (κ2) is 12.1. The monoisotopic (exact) mass is 319 g/mol. The second-order valence-corrected chi connectivity index (χ2v) is 7.63. The lowest BCUT2D eigenvalue weighted by atomic mass is 10.3. The van der Waals surface area contributed by atoms with Crippen LogP contribution in [0.4, 0.5) is 0 Å². The summed E-state index contributed by atoms with van der Waals surface area (Å²) in [5.74, 6) is 1.81. The van der Waals surface area contributed by atoms with Crippen LogP contribution in [0.2, 0.25) is 0 Å². The van der Waals surface area contributed by atoms with E-state index in [-0.39, 0.29) is 17.9 Å². The van der Waals surface area contributed by atoms with Crippen LogP contribution in [0.1, 0.15) is 40.5 Å². The summed E-state index contributed by atoms with van der Waals surface area (Å²) in [4.78, 5) is 22.7. The Morgan fingerprint density at radius 1 is 1.05 bits per heavy atom. The summed E-state index contributed by atoms with van der Waals surface area (Å²) in [6.45, 7) is 7.88. The van der Waals surface area contributed by atoms with E-state index in [9.17, 15) is 9.59 Å². The van der Waals surface area contributed by atoms with E-state index in [0.717, 1.165) is 11.5 Å². The van der Waals surface area contributed by atoms with E-state index in [2.05, 4.69) is 15.8 Å². The van der Waals surface area contributed by atoms with Crippen molar-refractivity contribution in [3.8, 4) is 0 Å². The Morgan fingerprint density at radius 2 is 1.60 bits per heavy atom. The van der Waals surface area contributed by atoms with Gasteiger partial charge in [0.05, 0.1) is 0 Å². The van der Waals surface area contributed by atoms with Crippen molar-refractivity contribution in [1.82, 2.24) is 10.7 Å². The summed E-state index contributed by atoms with van der Waals surface area (Å²) in [6.07, 6.45) is 2.65. The van der Waals surface area contributed by atoms with E-state index in [1.54, 1.807) is 27.8 Å². The molecular formula is C13H25N3O2S2. The summed E-state index contributed by atoms with van der Waals surface area (Å²) < 4.78 is 0. The van der Waals surface area contributed by atoms with E-state index in [4.69, 9.17) is 0 Å². The molecule has 2 amide bonds. The van der Waals surface area contributed by atoms with Crippen LogP contribution in [0, 0.1) is 5.92 Å². The molecule has 0 unspecified atom stereocenters. The molecule has 0 aromatic carbocycles. The predicted octanol–water partition coefficient (Wildman–Crippen LogP) is 2.43. The molecule has 0 heterocycles. The van der Waals surface area contributed by atoms with Gasteiger partial charge in [-0.1, -0.05) is 35.4 Å². The molecular weight excluding hydrogens is 294 g/mol. The fraction of sp³-hybridized carbons (Fsp3) is 0.769. The van der Waals surface area contributed by atoms with Gasteiger partial charge < -0.3 is 5.32 Å². The molecule has 0 fully saturated rings. The molecule has 7 heteroatoms. The number of hydrogen-bond donors (Lipinski definition) is 2. The topological polar surface area (TPSA) is 70.6 Å². The molecule has 0 saturated heterocycles. The van der Waals surface area contributed by atoms with Crippen LogP contribution in [-0.4, -0.2) is 35.6 Å². The molecule has 0 bridgehead atoms. The maximum absolute atomic E-state index is 11.4. The van der Waals surface area contributed by atoms with Crippen molar-refractivity contribution in [2.75, 3.05) is 11.5 Å². The Balaban J connectivity index is 3.44. The third-order valence-electron chi connectivity index (χ3n) is 1.92. The Hall–Kier alpha value is -0.690. The Labute approximate surface area is 129 Å². The van der Waals surface area contributed by atoms with Crippen molar-refractivity contribution >= 4 is 39.6 Å². The minimum atomic E-state index is -0.0763. The molecule has 2 N–H and O–H groups in total. The number of hydrogen-bond acceptors (Lipinski definition) is 5. The number of hydrazone groups is 1. The lowest BCUT2D eigenvalue weighted by Gasteiger charge is -2.07. The van der Waals surface area contributed by atoms with Crippen molar-refractivity contribution in [2.24, 2.45) is 11.0 Å². The number of rotatable bonds is 10. The molecule has 0 atom stereocenters. The van der Waals surface area contributed by atoms with Gasteiger partial charge in [0.1, 0.15) is 0 Å². The summed E-state index contributed by atoms with van der Waals surface area (Å²) >= 11 is 0. The first-order valence-corrected chi connectivity index (χ1v) is 9.26. The summed E-state index contributed by atoms with van der Waals surface area (Å²) in [6, 6.07) is 0.190. The minimum Gasteiger partial charge on any atom is -0.354 e. The predicted molar refractivity (Wildman–Crippen MR) is 88.9 cm³/mol. The standard InChI is InChI=1S/C13H25N3O2S2/c1-10(2)9-14-16-13(18)6-8-20-19-7-5-12(17)15-11(3)4/h9-11H,5-8H2,1-4H3,(H,15,17)(H,16,18)/b14-9+. The fourth-order valence-corrected chi connectivity index (χ4v) is 3.08.